The van der Waals surface area contributed by atoms with Crippen molar-refractivity contribution in [3.63, 3.8) is 0 Å². The van der Waals surface area contributed by atoms with Crippen molar-refractivity contribution in [3.8, 4) is 5.75 Å². The number of amides is 1. The van der Waals surface area contributed by atoms with Crippen LogP contribution in [0.3, 0.4) is 0 Å². The number of fused-ring (bicyclic) bond motifs is 1. The topological polar surface area (TPSA) is 152 Å². The molecule has 19 heavy (non-hydrogen) atoms. The standard InChI is InChI=1S/C9H6N2O3.C2H6N2O/c12-8-5-3-1-2-4-6(5)10-11-7(8)9(13)14;3-1-2(4)5/h1-4H,(H,10,12)(H,13,14);1,3H2,(H2,4,5). The molecule has 0 bridgehead atoms. The van der Waals surface area contributed by atoms with E-state index in [1.165, 1.54) is 0 Å². The number of carboxylic acids is 1. The smallest absolute Gasteiger partial charge is 0.360 e. The third-order valence-corrected chi connectivity index (χ3v) is 2.04. The largest absolute Gasteiger partial charge is 0.505 e. The normalized spacial score (nSPS) is 9.53. The lowest BCUT2D eigenvalue weighted by Gasteiger charge is -2.01. The summed E-state index contributed by atoms with van der Waals surface area (Å²) in [6.07, 6.45) is 0. The Morgan fingerprint density at radius 1 is 1.21 bits per heavy atom. The Morgan fingerprint density at radius 3 is 2.32 bits per heavy atom. The molecule has 6 N–H and O–H groups in total. The maximum absolute atomic E-state index is 10.6. The number of rotatable bonds is 2. The molecule has 0 radical (unpaired) electrons. The SMILES string of the molecule is NCC(N)=O.O=C(O)c1nnc2ccccc2c1O. The summed E-state index contributed by atoms with van der Waals surface area (Å²) in [5, 5.41) is 25.7. The van der Waals surface area contributed by atoms with E-state index in [9.17, 15) is 14.7 Å². The summed E-state index contributed by atoms with van der Waals surface area (Å²) in [4.78, 5) is 20.1. The monoisotopic (exact) mass is 264 g/mol. The van der Waals surface area contributed by atoms with Crippen molar-refractivity contribution >= 4 is 22.8 Å². The van der Waals surface area contributed by atoms with Crippen molar-refractivity contribution in [2.75, 3.05) is 6.54 Å². The zero-order valence-electron chi connectivity index (χ0n) is 9.78. The highest BCUT2D eigenvalue weighted by atomic mass is 16.4. The number of nitrogens with two attached hydrogens (primary N) is 2. The third-order valence-electron chi connectivity index (χ3n) is 2.04. The van der Waals surface area contributed by atoms with Gasteiger partial charge in [0.2, 0.25) is 11.6 Å². The van der Waals surface area contributed by atoms with Gasteiger partial charge >= 0.3 is 5.97 Å². The fourth-order valence-corrected chi connectivity index (χ4v) is 1.18. The lowest BCUT2D eigenvalue weighted by Crippen LogP contribution is -2.21. The van der Waals surface area contributed by atoms with Crippen LogP contribution in [0.4, 0.5) is 0 Å². The Morgan fingerprint density at radius 2 is 1.79 bits per heavy atom. The molecule has 100 valence electrons. The molecule has 0 atom stereocenters. The van der Waals surface area contributed by atoms with E-state index in [1.54, 1.807) is 24.3 Å². The van der Waals surface area contributed by atoms with Crippen LogP contribution in [0.25, 0.3) is 10.9 Å². The molecule has 1 aromatic heterocycles. The Kier molecular flexibility index (Phi) is 4.72. The van der Waals surface area contributed by atoms with Gasteiger partial charge in [0.15, 0.2) is 5.75 Å². The first-order chi connectivity index (χ1) is 8.97. The van der Waals surface area contributed by atoms with Crippen molar-refractivity contribution in [3.05, 3.63) is 30.0 Å². The second-order valence-electron chi connectivity index (χ2n) is 3.39. The first-order valence-corrected chi connectivity index (χ1v) is 5.13. The fourth-order valence-electron chi connectivity index (χ4n) is 1.18. The lowest BCUT2D eigenvalue weighted by atomic mass is 10.2. The molecule has 0 aliphatic heterocycles. The number of aromatic nitrogens is 2. The highest BCUT2D eigenvalue weighted by Gasteiger charge is 2.14. The van der Waals surface area contributed by atoms with Gasteiger partial charge < -0.3 is 21.7 Å². The maximum atomic E-state index is 10.6. The number of hydrogen-bond donors (Lipinski definition) is 4. The van der Waals surface area contributed by atoms with Crippen LogP contribution in [0.15, 0.2) is 24.3 Å². The average Bonchev–Trinajstić information content (AvgIpc) is 2.39. The first-order valence-electron chi connectivity index (χ1n) is 5.13. The van der Waals surface area contributed by atoms with Gasteiger partial charge in [0.25, 0.3) is 0 Å². The highest BCUT2D eigenvalue weighted by Crippen LogP contribution is 2.24. The van der Waals surface area contributed by atoms with Gasteiger partial charge in [-0.3, -0.25) is 4.79 Å². The van der Waals surface area contributed by atoms with Crippen molar-refractivity contribution in [1.82, 2.24) is 10.2 Å². The Hall–Kier alpha value is -2.74. The predicted octanol–water partition coefficient (Wildman–Crippen LogP) is -0.536. The zero-order chi connectivity index (χ0) is 14.4. The number of carboxylic acid groups (broad SMARTS) is 1. The van der Waals surface area contributed by atoms with E-state index in [1.807, 2.05) is 0 Å². The summed E-state index contributed by atoms with van der Waals surface area (Å²) in [6.45, 7) is -0.0556. The van der Waals surface area contributed by atoms with Crippen LogP contribution in [0.5, 0.6) is 5.75 Å². The number of carbonyl (C=O) groups excluding carboxylic acids is 1. The molecule has 0 saturated carbocycles. The summed E-state index contributed by atoms with van der Waals surface area (Å²) in [5.74, 6) is -2.10. The molecule has 8 nitrogen and oxygen atoms in total. The minimum atomic E-state index is -1.29. The van der Waals surface area contributed by atoms with Gasteiger partial charge in [-0.05, 0) is 12.1 Å². The van der Waals surface area contributed by atoms with E-state index in [-0.39, 0.29) is 12.3 Å². The van der Waals surface area contributed by atoms with Gasteiger partial charge in [0, 0.05) is 5.39 Å². The molecule has 0 saturated heterocycles. The third kappa shape index (κ3) is 3.61. The first kappa shape index (κ1) is 14.3. The summed E-state index contributed by atoms with van der Waals surface area (Å²) in [5.41, 5.74) is 9.27. The summed E-state index contributed by atoms with van der Waals surface area (Å²) < 4.78 is 0. The maximum Gasteiger partial charge on any atom is 0.360 e. The molecule has 8 heteroatoms. The van der Waals surface area contributed by atoms with E-state index in [4.69, 9.17) is 10.8 Å². The molecule has 1 aromatic carbocycles. The molecule has 2 rings (SSSR count). The van der Waals surface area contributed by atoms with Crippen molar-refractivity contribution in [2.24, 2.45) is 11.5 Å². The predicted molar refractivity (Wildman–Crippen MR) is 66.4 cm³/mol. The van der Waals surface area contributed by atoms with Crippen LogP contribution < -0.4 is 11.5 Å². The average molecular weight is 264 g/mol. The molecule has 1 amide bonds. The second kappa shape index (κ2) is 6.26. The van der Waals surface area contributed by atoms with E-state index in [0.29, 0.717) is 10.9 Å². The minimum Gasteiger partial charge on any atom is -0.505 e. The van der Waals surface area contributed by atoms with Crippen LogP contribution in [-0.4, -0.2) is 38.8 Å². The molecule has 0 fully saturated rings. The number of hydrogen-bond acceptors (Lipinski definition) is 6. The van der Waals surface area contributed by atoms with Crippen LogP contribution in [0, 0.1) is 0 Å². The molecule has 0 unspecified atom stereocenters. The molecular weight excluding hydrogens is 252 g/mol. The van der Waals surface area contributed by atoms with Crippen LogP contribution >= 0.6 is 0 Å². The molecule has 1 heterocycles. The van der Waals surface area contributed by atoms with Gasteiger partial charge in [-0.2, -0.15) is 0 Å². The van der Waals surface area contributed by atoms with E-state index < -0.39 is 17.6 Å². The number of nitrogens with zero attached hydrogens (tertiary/aromatic N) is 2. The lowest BCUT2D eigenvalue weighted by molar-refractivity contribution is -0.116. The van der Waals surface area contributed by atoms with Crippen LogP contribution in [0.2, 0.25) is 0 Å². The molecule has 2 aromatic rings. The van der Waals surface area contributed by atoms with Crippen molar-refractivity contribution < 1.29 is 19.8 Å². The summed E-state index contributed by atoms with van der Waals surface area (Å²) >= 11 is 0. The summed E-state index contributed by atoms with van der Waals surface area (Å²) in [6, 6.07) is 6.66. The van der Waals surface area contributed by atoms with Crippen molar-refractivity contribution in [1.29, 1.82) is 0 Å². The fraction of sp³-hybridized carbons (Fsp3) is 0.0909. The summed E-state index contributed by atoms with van der Waals surface area (Å²) in [7, 11) is 0. The van der Waals surface area contributed by atoms with Gasteiger partial charge in [-0.1, -0.05) is 12.1 Å². The molecule has 0 aliphatic carbocycles. The van der Waals surface area contributed by atoms with Gasteiger partial charge in [0.05, 0.1) is 12.1 Å². The second-order valence-corrected chi connectivity index (χ2v) is 3.39. The Balaban J connectivity index is 0.000000312. The Bertz CT molecular complexity index is 615. The highest BCUT2D eigenvalue weighted by molar-refractivity contribution is 5.96. The van der Waals surface area contributed by atoms with Crippen molar-refractivity contribution in [2.45, 2.75) is 0 Å². The number of benzene rings is 1. The number of carbonyl (C=O) groups is 2. The van der Waals surface area contributed by atoms with Gasteiger partial charge in [-0.15, -0.1) is 10.2 Å². The van der Waals surface area contributed by atoms with Crippen LogP contribution in [-0.2, 0) is 4.79 Å². The van der Waals surface area contributed by atoms with Gasteiger partial charge in [0.1, 0.15) is 0 Å². The molecule has 0 aliphatic rings. The van der Waals surface area contributed by atoms with E-state index >= 15 is 0 Å². The Labute approximate surface area is 107 Å². The minimum absolute atomic E-state index is 0.0556. The van der Waals surface area contributed by atoms with E-state index in [2.05, 4.69) is 15.9 Å². The van der Waals surface area contributed by atoms with Gasteiger partial charge in [-0.25, -0.2) is 4.79 Å². The zero-order valence-corrected chi connectivity index (χ0v) is 9.78. The number of aromatic hydroxyl groups is 1. The molecular formula is C11H12N4O4. The van der Waals surface area contributed by atoms with Crippen LogP contribution in [0.1, 0.15) is 10.5 Å². The van der Waals surface area contributed by atoms with E-state index in [0.717, 1.165) is 0 Å². The quantitative estimate of drug-likeness (QED) is 0.568. The molecule has 0 spiro atoms. The number of aromatic carboxylic acids is 1. The number of primary amides is 1.